The molecule has 1 unspecified atom stereocenters. The average molecular weight is 340 g/mol. The highest BCUT2D eigenvalue weighted by molar-refractivity contribution is 6.83. The van der Waals surface area contributed by atoms with Crippen LogP contribution in [-0.2, 0) is 14.3 Å². The minimum Gasteiger partial charge on any atom is -0.467 e. The third-order valence-corrected chi connectivity index (χ3v) is 4.44. The number of nitrogens with zero attached hydrogens (tertiary/aromatic N) is 1. The molecule has 0 spiro atoms. The van der Waals surface area contributed by atoms with Crippen molar-refractivity contribution in [1.29, 1.82) is 0 Å². The minimum atomic E-state index is -1.54. The highest BCUT2D eigenvalue weighted by Gasteiger charge is 2.51. The Labute approximate surface area is 140 Å². The molecule has 130 valence electrons. The van der Waals surface area contributed by atoms with Crippen LogP contribution in [0.2, 0.25) is 19.6 Å². The molecule has 0 bridgehead atoms. The van der Waals surface area contributed by atoms with E-state index in [9.17, 15) is 9.59 Å². The molecule has 1 saturated heterocycles. The van der Waals surface area contributed by atoms with Crippen molar-refractivity contribution < 1.29 is 19.1 Å². The maximum Gasteiger partial charge on any atom is 0.411 e. The Bertz CT molecular complexity index is 521. The molecule has 5 nitrogen and oxygen atoms in total. The summed E-state index contributed by atoms with van der Waals surface area (Å²) in [5, 5.41) is 0. The zero-order valence-corrected chi connectivity index (χ0v) is 16.4. The first-order valence-corrected chi connectivity index (χ1v) is 11.5. The van der Waals surface area contributed by atoms with Crippen LogP contribution in [0, 0.1) is 11.5 Å². The van der Waals surface area contributed by atoms with E-state index in [1.807, 2.05) is 20.8 Å². The lowest BCUT2D eigenvalue weighted by Crippen LogP contribution is -2.54. The van der Waals surface area contributed by atoms with E-state index in [0.717, 1.165) is 6.42 Å². The number of likely N-dealkylation sites (tertiary alicyclic amines) is 1. The average Bonchev–Trinajstić information content (AvgIpc) is 2.79. The van der Waals surface area contributed by atoms with Crippen molar-refractivity contribution in [3.63, 3.8) is 0 Å². The van der Waals surface area contributed by atoms with Gasteiger partial charge in [-0.05, 0) is 33.6 Å². The van der Waals surface area contributed by atoms with Gasteiger partial charge in [0.05, 0.1) is 7.11 Å². The van der Waals surface area contributed by atoms with Crippen LogP contribution in [0.3, 0.4) is 0 Å². The molecular formula is C17H29NO4Si. The second-order valence-electron chi connectivity index (χ2n) is 7.99. The summed E-state index contributed by atoms with van der Waals surface area (Å²) in [6, 6.07) is 0. The number of ether oxygens (including phenoxy) is 2. The van der Waals surface area contributed by atoms with Crippen LogP contribution in [0.5, 0.6) is 0 Å². The quantitative estimate of drug-likeness (QED) is 0.440. The molecule has 1 fully saturated rings. The molecule has 0 aromatic heterocycles. The Morgan fingerprint density at radius 1 is 1.26 bits per heavy atom. The molecular weight excluding hydrogens is 310 g/mol. The van der Waals surface area contributed by atoms with E-state index in [0.29, 0.717) is 19.4 Å². The summed E-state index contributed by atoms with van der Waals surface area (Å²) in [5.74, 6) is 2.72. The van der Waals surface area contributed by atoms with E-state index in [1.165, 1.54) is 12.0 Å². The smallest absolute Gasteiger partial charge is 0.411 e. The molecule has 0 saturated carbocycles. The maximum atomic E-state index is 12.5. The van der Waals surface area contributed by atoms with Crippen LogP contribution >= 0.6 is 0 Å². The number of rotatable bonds is 2. The van der Waals surface area contributed by atoms with Crippen LogP contribution in [-0.4, -0.2) is 49.8 Å². The van der Waals surface area contributed by atoms with Gasteiger partial charge in [-0.3, -0.25) is 4.90 Å². The zero-order valence-electron chi connectivity index (χ0n) is 15.4. The summed E-state index contributed by atoms with van der Waals surface area (Å²) in [5.41, 5.74) is 1.63. The largest absolute Gasteiger partial charge is 0.467 e. The Kier molecular flexibility index (Phi) is 5.92. The van der Waals surface area contributed by atoms with Gasteiger partial charge >= 0.3 is 12.1 Å². The van der Waals surface area contributed by atoms with Crippen LogP contribution in [0.25, 0.3) is 0 Å². The lowest BCUT2D eigenvalue weighted by molar-refractivity contribution is -0.152. The molecule has 0 aliphatic carbocycles. The molecule has 23 heavy (non-hydrogen) atoms. The van der Waals surface area contributed by atoms with Crippen molar-refractivity contribution in [2.45, 2.75) is 70.8 Å². The monoisotopic (exact) mass is 339 g/mol. The first-order chi connectivity index (χ1) is 10.4. The van der Waals surface area contributed by atoms with Crippen molar-refractivity contribution in [1.82, 2.24) is 4.90 Å². The second kappa shape index (κ2) is 6.96. The summed E-state index contributed by atoms with van der Waals surface area (Å²) in [7, 11) is -0.194. The van der Waals surface area contributed by atoms with Crippen LogP contribution in [0.15, 0.2) is 0 Å². The molecule has 1 amide bonds. The van der Waals surface area contributed by atoms with Gasteiger partial charge in [-0.25, -0.2) is 9.59 Å². The van der Waals surface area contributed by atoms with Crippen LogP contribution < -0.4 is 0 Å². The van der Waals surface area contributed by atoms with Gasteiger partial charge in [0.1, 0.15) is 13.7 Å². The number of carbonyl (C=O) groups is 2. The van der Waals surface area contributed by atoms with E-state index in [1.54, 1.807) is 0 Å². The molecule has 0 aromatic carbocycles. The minimum absolute atomic E-state index is 0.295. The van der Waals surface area contributed by atoms with Crippen LogP contribution in [0.4, 0.5) is 4.79 Å². The summed E-state index contributed by atoms with van der Waals surface area (Å²) in [4.78, 5) is 26.5. The van der Waals surface area contributed by atoms with Crippen LogP contribution in [0.1, 0.15) is 40.0 Å². The summed E-state index contributed by atoms with van der Waals surface area (Å²) < 4.78 is 10.4. The fourth-order valence-electron chi connectivity index (χ4n) is 2.58. The summed E-state index contributed by atoms with van der Waals surface area (Å²) >= 11 is 0. The second-order valence-corrected chi connectivity index (χ2v) is 12.7. The van der Waals surface area contributed by atoms with Crippen molar-refractivity contribution in [2.75, 3.05) is 13.7 Å². The Morgan fingerprint density at radius 2 is 1.87 bits per heavy atom. The SMILES string of the molecule is COC(=O)C1(CC#C[Si](C)(C)C)CCCN1C(=O)OC(C)(C)C. The van der Waals surface area contributed by atoms with E-state index in [2.05, 4.69) is 31.1 Å². The summed E-state index contributed by atoms with van der Waals surface area (Å²) in [6.07, 6.45) is 1.11. The Morgan fingerprint density at radius 3 is 2.35 bits per heavy atom. The van der Waals surface area contributed by atoms with E-state index in [-0.39, 0.29) is 0 Å². The van der Waals surface area contributed by atoms with E-state index >= 15 is 0 Å². The molecule has 1 heterocycles. The molecule has 1 aliphatic rings. The van der Waals surface area contributed by atoms with Gasteiger partial charge in [0.15, 0.2) is 5.54 Å². The van der Waals surface area contributed by atoms with Crippen molar-refractivity contribution in [3.05, 3.63) is 0 Å². The summed E-state index contributed by atoms with van der Waals surface area (Å²) in [6.45, 7) is 12.4. The third kappa shape index (κ3) is 5.28. The molecule has 0 radical (unpaired) electrons. The van der Waals surface area contributed by atoms with E-state index in [4.69, 9.17) is 9.47 Å². The molecule has 0 aromatic rings. The van der Waals surface area contributed by atoms with Gasteiger partial charge in [-0.2, -0.15) is 0 Å². The number of amides is 1. The third-order valence-electron chi connectivity index (χ3n) is 3.51. The lowest BCUT2D eigenvalue weighted by atomic mass is 9.92. The van der Waals surface area contributed by atoms with Gasteiger partial charge in [0.25, 0.3) is 0 Å². The molecule has 1 aliphatic heterocycles. The Hall–Kier alpha value is -1.48. The van der Waals surface area contributed by atoms with Crippen molar-refractivity contribution in [3.8, 4) is 11.5 Å². The van der Waals surface area contributed by atoms with Gasteiger partial charge in [-0.15, -0.1) is 11.5 Å². The first kappa shape index (κ1) is 19.6. The number of carbonyl (C=O) groups excluding carboxylic acids is 2. The van der Waals surface area contributed by atoms with Gasteiger partial charge in [-0.1, -0.05) is 19.6 Å². The van der Waals surface area contributed by atoms with E-state index < -0.39 is 31.3 Å². The molecule has 1 atom stereocenters. The number of hydrogen-bond acceptors (Lipinski definition) is 4. The molecule has 0 N–H and O–H groups in total. The highest BCUT2D eigenvalue weighted by Crippen LogP contribution is 2.35. The standard InChI is InChI=1S/C17H29NO4Si/c1-16(2,3)22-15(20)18-12-8-10-17(18,14(19)21-4)11-9-13-23(5,6)7/h8,10-12H2,1-7H3. The lowest BCUT2D eigenvalue weighted by Gasteiger charge is -2.35. The predicted molar refractivity (Wildman–Crippen MR) is 92.7 cm³/mol. The topological polar surface area (TPSA) is 55.8 Å². The number of methoxy groups -OCH3 is 1. The number of hydrogen-bond donors (Lipinski definition) is 0. The van der Waals surface area contributed by atoms with Crippen molar-refractivity contribution >= 4 is 20.1 Å². The normalized spacial score (nSPS) is 21.4. The van der Waals surface area contributed by atoms with Gasteiger partial charge < -0.3 is 9.47 Å². The maximum absolute atomic E-state index is 12.5. The highest BCUT2D eigenvalue weighted by atomic mass is 28.3. The Balaban J connectivity index is 3.09. The fraction of sp³-hybridized carbons (Fsp3) is 0.765. The predicted octanol–water partition coefficient (Wildman–Crippen LogP) is 3.20. The zero-order chi connectivity index (χ0) is 17.9. The van der Waals surface area contributed by atoms with Gasteiger partial charge in [0, 0.05) is 13.0 Å². The number of esters is 1. The van der Waals surface area contributed by atoms with Gasteiger partial charge in [0.2, 0.25) is 0 Å². The fourth-order valence-corrected chi connectivity index (χ4v) is 3.19. The molecule has 1 rings (SSSR count). The first-order valence-electron chi connectivity index (χ1n) is 8.00. The molecule has 6 heteroatoms. The van der Waals surface area contributed by atoms with Crippen molar-refractivity contribution in [2.24, 2.45) is 0 Å².